The van der Waals surface area contributed by atoms with Crippen LogP contribution in [0.5, 0.6) is 5.75 Å². The number of nitrogens with two attached hydrogens (primary N) is 1. The number of benzene rings is 2. The average Bonchev–Trinajstić information content (AvgIpc) is 3.27. The number of amides is 1. The van der Waals surface area contributed by atoms with Crippen LogP contribution in [0.3, 0.4) is 0 Å². The summed E-state index contributed by atoms with van der Waals surface area (Å²) in [4.78, 5) is 22.6. The molecule has 1 spiro atoms. The molecule has 3 aromatic rings. The normalized spacial score (nSPS) is 18.1. The molecule has 2 atom stereocenters. The topological polar surface area (TPSA) is 137 Å². The van der Waals surface area contributed by atoms with Crippen LogP contribution in [0.4, 0.5) is 5.82 Å². The summed E-state index contributed by atoms with van der Waals surface area (Å²) in [5.74, 6) is 6.77. The van der Waals surface area contributed by atoms with Crippen molar-refractivity contribution in [3.05, 3.63) is 82.8 Å². The van der Waals surface area contributed by atoms with Gasteiger partial charge in [0.15, 0.2) is 5.82 Å². The van der Waals surface area contributed by atoms with Crippen LogP contribution in [0.25, 0.3) is 0 Å². The van der Waals surface area contributed by atoms with Crippen molar-refractivity contribution in [2.45, 2.75) is 63.9 Å². The van der Waals surface area contributed by atoms with Gasteiger partial charge in [0.2, 0.25) is 5.91 Å². The molecule has 1 fully saturated rings. The molecule has 1 aromatic heterocycles. The third-order valence-electron chi connectivity index (χ3n) is 8.14. The minimum absolute atomic E-state index is 0.0137. The number of primary amides is 1. The highest BCUT2D eigenvalue weighted by molar-refractivity contribution is 7.90. The predicted molar refractivity (Wildman–Crippen MR) is 167 cm³/mol. The Morgan fingerprint density at radius 2 is 2.00 bits per heavy atom. The number of hydrogen-bond acceptors (Lipinski definition) is 8. The van der Waals surface area contributed by atoms with Gasteiger partial charge in [-0.3, -0.25) is 4.79 Å². The van der Waals surface area contributed by atoms with Crippen molar-refractivity contribution in [2.24, 2.45) is 11.1 Å². The van der Waals surface area contributed by atoms with E-state index in [2.05, 4.69) is 55.7 Å². The SMILES string of the molecule is CC(C)(C)[S+]([O-])NC1c2ccccc2CC12CCN(c1ncc(C#CCOc3cccc(CC(N)=O)c3)nc1CO)CC2. The van der Waals surface area contributed by atoms with E-state index in [-0.39, 0.29) is 35.8 Å². The van der Waals surface area contributed by atoms with Crippen molar-refractivity contribution >= 4 is 23.1 Å². The van der Waals surface area contributed by atoms with E-state index < -0.39 is 17.3 Å². The highest BCUT2D eigenvalue weighted by atomic mass is 32.2. The van der Waals surface area contributed by atoms with Crippen molar-refractivity contribution in [1.82, 2.24) is 14.7 Å². The molecule has 2 aromatic carbocycles. The first kappa shape index (κ1) is 30.8. The van der Waals surface area contributed by atoms with Gasteiger partial charge in [0, 0.05) is 29.9 Å². The number of hydrogen-bond donors (Lipinski definition) is 3. The third kappa shape index (κ3) is 7.13. The summed E-state index contributed by atoms with van der Waals surface area (Å²) in [6, 6.07) is 15.7. The van der Waals surface area contributed by atoms with Crippen LogP contribution < -0.4 is 20.1 Å². The Bertz CT molecular complexity index is 1520. The van der Waals surface area contributed by atoms with E-state index in [1.807, 2.05) is 26.8 Å². The van der Waals surface area contributed by atoms with Crippen molar-refractivity contribution in [1.29, 1.82) is 0 Å². The molecule has 9 nitrogen and oxygen atoms in total. The number of piperidine rings is 1. The molecule has 1 aliphatic carbocycles. The average molecular weight is 602 g/mol. The Morgan fingerprint density at radius 1 is 1.23 bits per heavy atom. The molecule has 226 valence electrons. The second-order valence-corrected chi connectivity index (χ2v) is 14.2. The van der Waals surface area contributed by atoms with Gasteiger partial charge < -0.3 is 25.0 Å². The van der Waals surface area contributed by atoms with Crippen LogP contribution in [0.1, 0.15) is 67.7 Å². The number of nitrogens with zero attached hydrogens (tertiary/aromatic N) is 3. The first-order valence-corrected chi connectivity index (χ1v) is 15.7. The van der Waals surface area contributed by atoms with Crippen LogP contribution in [0.2, 0.25) is 0 Å². The zero-order valence-corrected chi connectivity index (χ0v) is 25.7. The number of aromatic nitrogens is 2. The first-order valence-electron chi connectivity index (χ1n) is 14.5. The van der Waals surface area contributed by atoms with E-state index in [9.17, 15) is 14.5 Å². The van der Waals surface area contributed by atoms with Crippen molar-refractivity contribution < 1.29 is 19.2 Å². The third-order valence-corrected chi connectivity index (χ3v) is 9.70. The Hall–Kier alpha value is -3.62. The molecule has 2 aliphatic rings. The predicted octanol–water partition coefficient (Wildman–Crippen LogP) is 3.36. The quantitative estimate of drug-likeness (QED) is 0.264. The monoisotopic (exact) mass is 601 g/mol. The molecule has 2 heterocycles. The molecular formula is C33H39N5O4S. The van der Waals surface area contributed by atoms with Gasteiger partial charge in [-0.25, -0.2) is 9.97 Å². The van der Waals surface area contributed by atoms with Crippen LogP contribution in [0, 0.1) is 17.3 Å². The summed E-state index contributed by atoms with van der Waals surface area (Å²) < 4.78 is 22.0. The van der Waals surface area contributed by atoms with E-state index in [1.54, 1.807) is 24.4 Å². The van der Waals surface area contributed by atoms with Gasteiger partial charge in [0.25, 0.3) is 0 Å². The van der Waals surface area contributed by atoms with Crippen molar-refractivity contribution in [2.75, 3.05) is 24.6 Å². The Morgan fingerprint density at radius 3 is 2.72 bits per heavy atom. The Labute approximate surface area is 256 Å². The largest absolute Gasteiger partial charge is 0.598 e. The van der Waals surface area contributed by atoms with Crippen LogP contribution in [0.15, 0.2) is 54.7 Å². The number of nitrogens with one attached hydrogen (secondary N) is 1. The van der Waals surface area contributed by atoms with E-state index in [0.29, 0.717) is 23.0 Å². The lowest BCUT2D eigenvalue weighted by Crippen LogP contribution is -2.50. The smallest absolute Gasteiger partial charge is 0.221 e. The van der Waals surface area contributed by atoms with E-state index in [4.69, 9.17) is 10.5 Å². The lowest BCUT2D eigenvalue weighted by molar-refractivity contribution is -0.117. The molecule has 10 heteroatoms. The van der Waals surface area contributed by atoms with E-state index in [0.717, 1.165) is 37.9 Å². The summed E-state index contributed by atoms with van der Waals surface area (Å²) >= 11 is -1.19. The Kier molecular flexibility index (Phi) is 9.28. The zero-order chi connectivity index (χ0) is 30.6. The molecule has 0 saturated carbocycles. The number of aliphatic hydroxyl groups excluding tert-OH is 1. The maximum atomic E-state index is 13.2. The number of fused-ring (bicyclic) bond motifs is 1. The lowest BCUT2D eigenvalue weighted by atomic mass is 9.73. The highest BCUT2D eigenvalue weighted by Gasteiger charge is 2.50. The second kappa shape index (κ2) is 12.9. The summed E-state index contributed by atoms with van der Waals surface area (Å²) in [7, 11) is 0. The summed E-state index contributed by atoms with van der Waals surface area (Å²) in [6.07, 6.45) is 4.51. The van der Waals surface area contributed by atoms with Gasteiger partial charge in [0.1, 0.15) is 28.5 Å². The molecule has 1 aliphatic heterocycles. The second-order valence-electron chi connectivity index (χ2n) is 12.2. The number of carbonyl (C=O) groups is 1. The summed E-state index contributed by atoms with van der Waals surface area (Å²) in [5.41, 5.74) is 9.51. The van der Waals surface area contributed by atoms with Gasteiger partial charge in [-0.1, -0.05) is 42.3 Å². The van der Waals surface area contributed by atoms with Crippen LogP contribution in [-0.4, -0.2) is 50.0 Å². The number of ether oxygens (including phenoxy) is 1. The molecule has 4 N–H and O–H groups in total. The molecule has 0 bridgehead atoms. The van der Waals surface area contributed by atoms with E-state index in [1.165, 1.54) is 11.1 Å². The first-order chi connectivity index (χ1) is 20.6. The fraction of sp³-hybridized carbons (Fsp3) is 0.424. The fourth-order valence-electron chi connectivity index (χ4n) is 5.93. The van der Waals surface area contributed by atoms with Crippen molar-refractivity contribution in [3.8, 4) is 17.6 Å². The zero-order valence-electron chi connectivity index (χ0n) is 24.9. The minimum Gasteiger partial charge on any atom is -0.598 e. The van der Waals surface area contributed by atoms with Gasteiger partial charge in [-0.2, -0.15) is 0 Å². The van der Waals surface area contributed by atoms with Gasteiger partial charge >= 0.3 is 0 Å². The maximum absolute atomic E-state index is 13.2. The molecule has 43 heavy (non-hydrogen) atoms. The van der Waals surface area contributed by atoms with Crippen molar-refractivity contribution in [3.63, 3.8) is 0 Å². The van der Waals surface area contributed by atoms with E-state index >= 15 is 0 Å². The lowest BCUT2D eigenvalue weighted by Gasteiger charge is -2.44. The molecule has 0 radical (unpaired) electrons. The molecular weight excluding hydrogens is 562 g/mol. The minimum atomic E-state index is -1.19. The number of carbonyl (C=O) groups excluding carboxylic acids is 1. The number of rotatable bonds is 8. The molecule has 5 rings (SSSR count). The van der Waals surface area contributed by atoms with Crippen LogP contribution >= 0.6 is 0 Å². The van der Waals surface area contributed by atoms with Gasteiger partial charge in [-0.15, -0.1) is 4.72 Å². The standard InChI is InChI=1S/C33H39N5O4S/c1-32(2,3)43(41)37-30-27-12-5-4-9-24(27)20-33(30)13-15-38(16-14-33)31-28(22-39)36-25(21-35-31)10-7-17-42-26-11-6-8-23(18-26)19-29(34)40/h4-6,8-9,11-12,18,21,30,37,39H,13-17,19-20,22H2,1-3H3,(H2,34,40). The summed E-state index contributed by atoms with van der Waals surface area (Å²) in [5, 5.41) is 10.1. The molecule has 1 amide bonds. The van der Waals surface area contributed by atoms with Gasteiger partial charge in [-0.05, 0) is 74.8 Å². The molecule has 2 unspecified atom stereocenters. The van der Waals surface area contributed by atoms with Gasteiger partial charge in [0.05, 0.1) is 25.3 Å². The number of anilines is 1. The Balaban J connectivity index is 1.24. The summed E-state index contributed by atoms with van der Waals surface area (Å²) in [6.45, 7) is 7.37. The highest BCUT2D eigenvalue weighted by Crippen LogP contribution is 2.53. The molecule has 1 saturated heterocycles. The number of aliphatic hydroxyl groups is 1. The fourth-order valence-corrected chi connectivity index (χ4v) is 6.88. The maximum Gasteiger partial charge on any atom is 0.221 e. The van der Waals surface area contributed by atoms with Crippen LogP contribution in [-0.2, 0) is 35.6 Å².